The predicted molar refractivity (Wildman–Crippen MR) is 92.1 cm³/mol. The van der Waals surface area contributed by atoms with Crippen LogP contribution in [0.15, 0.2) is 24.3 Å². The Morgan fingerprint density at radius 3 is 2.83 bits per heavy atom. The smallest absolute Gasteiger partial charge is 0.234 e. The standard InChI is InChI=1S/C17H24ClN3O2/c18-14-3-1-4-15(11-14)21-8-6-20(7-9-21)13-17(22)19-12-16-5-2-10-23-16/h1,3-4,11,16H,2,5-10,12-13H2,(H,19,22). The molecule has 1 aromatic rings. The molecule has 0 bridgehead atoms. The SMILES string of the molecule is O=C(CN1CCN(c2cccc(Cl)c2)CC1)NCC1CCCO1. The number of hydrogen-bond acceptors (Lipinski definition) is 4. The average Bonchev–Trinajstić information content (AvgIpc) is 3.07. The topological polar surface area (TPSA) is 44.8 Å². The van der Waals surface area contributed by atoms with Gasteiger partial charge < -0.3 is 15.0 Å². The first-order chi connectivity index (χ1) is 11.2. The normalized spacial score (nSPS) is 22.3. The highest BCUT2D eigenvalue weighted by molar-refractivity contribution is 6.30. The van der Waals surface area contributed by atoms with Gasteiger partial charge in [0.2, 0.25) is 5.91 Å². The lowest BCUT2D eigenvalue weighted by Crippen LogP contribution is -2.50. The van der Waals surface area contributed by atoms with Crippen molar-refractivity contribution in [3.05, 3.63) is 29.3 Å². The molecule has 1 aromatic carbocycles. The minimum Gasteiger partial charge on any atom is -0.376 e. The van der Waals surface area contributed by atoms with Gasteiger partial charge in [-0.25, -0.2) is 0 Å². The van der Waals surface area contributed by atoms with E-state index in [-0.39, 0.29) is 12.0 Å². The van der Waals surface area contributed by atoms with Gasteiger partial charge in [-0.3, -0.25) is 9.69 Å². The number of amides is 1. The number of anilines is 1. The predicted octanol–water partition coefficient (Wildman–Crippen LogP) is 1.76. The van der Waals surface area contributed by atoms with E-state index >= 15 is 0 Å². The minimum atomic E-state index is 0.0942. The van der Waals surface area contributed by atoms with Crippen LogP contribution in [0.5, 0.6) is 0 Å². The average molecular weight is 338 g/mol. The van der Waals surface area contributed by atoms with Crippen LogP contribution < -0.4 is 10.2 Å². The highest BCUT2D eigenvalue weighted by Crippen LogP contribution is 2.20. The summed E-state index contributed by atoms with van der Waals surface area (Å²) in [5, 5.41) is 3.75. The Kier molecular flexibility index (Phi) is 5.75. The summed E-state index contributed by atoms with van der Waals surface area (Å²) in [6.45, 7) is 5.54. The molecule has 0 aliphatic carbocycles. The van der Waals surface area contributed by atoms with Crippen molar-refractivity contribution in [2.45, 2.75) is 18.9 Å². The number of carbonyl (C=O) groups excluding carboxylic acids is 1. The van der Waals surface area contributed by atoms with Crippen LogP contribution in [-0.4, -0.2) is 62.8 Å². The molecule has 0 aromatic heterocycles. The maximum Gasteiger partial charge on any atom is 0.234 e. The summed E-state index contributed by atoms with van der Waals surface area (Å²) in [6.07, 6.45) is 2.36. The molecular weight excluding hydrogens is 314 g/mol. The third-order valence-electron chi connectivity index (χ3n) is 4.46. The van der Waals surface area contributed by atoms with Crippen molar-refractivity contribution < 1.29 is 9.53 Å². The number of hydrogen-bond donors (Lipinski definition) is 1. The lowest BCUT2D eigenvalue weighted by molar-refractivity contribution is -0.122. The summed E-state index contributed by atoms with van der Waals surface area (Å²) in [5.41, 5.74) is 1.15. The van der Waals surface area contributed by atoms with E-state index in [1.807, 2.05) is 18.2 Å². The molecule has 2 heterocycles. The number of piperazine rings is 1. The van der Waals surface area contributed by atoms with E-state index in [9.17, 15) is 4.79 Å². The van der Waals surface area contributed by atoms with Gasteiger partial charge in [-0.05, 0) is 31.0 Å². The number of nitrogens with one attached hydrogen (secondary N) is 1. The molecule has 3 rings (SSSR count). The van der Waals surface area contributed by atoms with Crippen LogP contribution in [-0.2, 0) is 9.53 Å². The van der Waals surface area contributed by atoms with E-state index in [4.69, 9.17) is 16.3 Å². The first-order valence-electron chi connectivity index (χ1n) is 8.32. The molecule has 6 heteroatoms. The zero-order valence-electron chi connectivity index (χ0n) is 13.3. The summed E-state index contributed by atoms with van der Waals surface area (Å²) >= 11 is 6.05. The number of carbonyl (C=O) groups is 1. The maximum absolute atomic E-state index is 12.0. The Morgan fingerprint density at radius 2 is 2.13 bits per heavy atom. The van der Waals surface area contributed by atoms with Crippen LogP contribution in [0.1, 0.15) is 12.8 Å². The highest BCUT2D eigenvalue weighted by atomic mass is 35.5. The molecule has 1 amide bonds. The summed E-state index contributed by atoms with van der Waals surface area (Å²) in [4.78, 5) is 16.5. The van der Waals surface area contributed by atoms with Gasteiger partial charge in [0.25, 0.3) is 0 Å². The second-order valence-corrected chi connectivity index (χ2v) is 6.62. The molecule has 2 saturated heterocycles. The fraction of sp³-hybridized carbons (Fsp3) is 0.588. The first kappa shape index (κ1) is 16.6. The van der Waals surface area contributed by atoms with Crippen LogP contribution in [0, 0.1) is 0 Å². The van der Waals surface area contributed by atoms with Gasteiger partial charge in [0, 0.05) is 50.0 Å². The Balaban J connectivity index is 1.39. The second-order valence-electron chi connectivity index (χ2n) is 6.18. The summed E-state index contributed by atoms with van der Waals surface area (Å²) in [6, 6.07) is 7.93. The summed E-state index contributed by atoms with van der Waals surface area (Å²) in [5.74, 6) is 0.0942. The number of benzene rings is 1. The molecule has 126 valence electrons. The number of rotatable bonds is 5. The van der Waals surface area contributed by atoms with Crippen LogP contribution in [0.2, 0.25) is 5.02 Å². The first-order valence-corrected chi connectivity index (χ1v) is 8.70. The molecular formula is C17H24ClN3O2. The van der Waals surface area contributed by atoms with Crippen molar-refractivity contribution in [1.29, 1.82) is 0 Å². The summed E-state index contributed by atoms with van der Waals surface area (Å²) in [7, 11) is 0. The van der Waals surface area contributed by atoms with Crippen molar-refractivity contribution in [1.82, 2.24) is 10.2 Å². The van der Waals surface area contributed by atoms with E-state index in [1.165, 1.54) is 0 Å². The van der Waals surface area contributed by atoms with Crippen LogP contribution in [0.4, 0.5) is 5.69 Å². The molecule has 1 unspecified atom stereocenters. The number of ether oxygens (including phenoxy) is 1. The molecule has 0 spiro atoms. The van der Waals surface area contributed by atoms with Gasteiger partial charge in [0.15, 0.2) is 0 Å². The van der Waals surface area contributed by atoms with Crippen molar-refractivity contribution in [2.75, 3.05) is 50.8 Å². The number of nitrogens with zero attached hydrogens (tertiary/aromatic N) is 2. The van der Waals surface area contributed by atoms with E-state index < -0.39 is 0 Å². The lowest BCUT2D eigenvalue weighted by atomic mass is 10.2. The van der Waals surface area contributed by atoms with Crippen LogP contribution >= 0.6 is 11.6 Å². The third kappa shape index (κ3) is 4.83. The van der Waals surface area contributed by atoms with E-state index in [0.29, 0.717) is 13.1 Å². The van der Waals surface area contributed by atoms with Crippen molar-refractivity contribution in [3.63, 3.8) is 0 Å². The highest BCUT2D eigenvalue weighted by Gasteiger charge is 2.20. The fourth-order valence-corrected chi connectivity index (χ4v) is 3.31. The zero-order valence-corrected chi connectivity index (χ0v) is 14.1. The Morgan fingerprint density at radius 1 is 1.30 bits per heavy atom. The molecule has 1 atom stereocenters. The fourth-order valence-electron chi connectivity index (χ4n) is 3.13. The molecule has 0 radical (unpaired) electrons. The molecule has 2 aliphatic rings. The zero-order chi connectivity index (χ0) is 16.1. The molecule has 2 aliphatic heterocycles. The Bertz CT molecular complexity index is 526. The molecule has 1 N–H and O–H groups in total. The summed E-state index contributed by atoms with van der Waals surface area (Å²) < 4.78 is 5.52. The minimum absolute atomic E-state index is 0.0942. The van der Waals surface area contributed by atoms with Gasteiger partial charge in [-0.15, -0.1) is 0 Å². The largest absolute Gasteiger partial charge is 0.376 e. The van der Waals surface area contributed by atoms with E-state index in [1.54, 1.807) is 0 Å². The van der Waals surface area contributed by atoms with E-state index in [0.717, 1.165) is 56.3 Å². The molecule has 23 heavy (non-hydrogen) atoms. The van der Waals surface area contributed by atoms with Gasteiger partial charge in [0.1, 0.15) is 0 Å². The van der Waals surface area contributed by atoms with Crippen LogP contribution in [0.3, 0.4) is 0 Å². The third-order valence-corrected chi connectivity index (χ3v) is 4.70. The maximum atomic E-state index is 12.0. The van der Waals surface area contributed by atoms with Crippen molar-refractivity contribution >= 4 is 23.2 Å². The van der Waals surface area contributed by atoms with Crippen molar-refractivity contribution in [2.24, 2.45) is 0 Å². The number of halogens is 1. The van der Waals surface area contributed by atoms with E-state index in [2.05, 4.69) is 21.2 Å². The molecule has 5 nitrogen and oxygen atoms in total. The van der Waals surface area contributed by atoms with Crippen molar-refractivity contribution in [3.8, 4) is 0 Å². The van der Waals surface area contributed by atoms with Gasteiger partial charge >= 0.3 is 0 Å². The van der Waals surface area contributed by atoms with Gasteiger partial charge in [-0.1, -0.05) is 17.7 Å². The monoisotopic (exact) mass is 337 g/mol. The van der Waals surface area contributed by atoms with Gasteiger partial charge in [-0.2, -0.15) is 0 Å². The Hall–Kier alpha value is -1.30. The molecule has 0 saturated carbocycles. The molecule has 2 fully saturated rings. The Labute approximate surface area is 142 Å². The lowest BCUT2D eigenvalue weighted by Gasteiger charge is -2.35. The second kappa shape index (κ2) is 7.99. The van der Waals surface area contributed by atoms with Gasteiger partial charge in [0.05, 0.1) is 12.6 Å². The van der Waals surface area contributed by atoms with Crippen LogP contribution in [0.25, 0.3) is 0 Å². The quantitative estimate of drug-likeness (QED) is 0.889.